The van der Waals surface area contributed by atoms with Crippen molar-refractivity contribution in [1.29, 1.82) is 0 Å². The van der Waals surface area contributed by atoms with Crippen molar-refractivity contribution in [1.82, 2.24) is 4.31 Å². The second-order valence-corrected chi connectivity index (χ2v) is 7.42. The lowest BCUT2D eigenvalue weighted by molar-refractivity contribution is -0.0411. The summed E-state index contributed by atoms with van der Waals surface area (Å²) in [6.45, 7) is 2.91. The highest BCUT2D eigenvalue weighted by Crippen LogP contribution is 2.31. The van der Waals surface area contributed by atoms with Gasteiger partial charge in [-0.3, -0.25) is 0 Å². The first-order chi connectivity index (χ1) is 7.51. The van der Waals surface area contributed by atoms with E-state index < -0.39 is 10.0 Å². The van der Waals surface area contributed by atoms with Crippen LogP contribution in [0.15, 0.2) is 0 Å². The first kappa shape index (κ1) is 12.8. The zero-order chi connectivity index (χ0) is 11.8. The first-order valence-electron chi connectivity index (χ1n) is 5.70. The number of halogens is 1. The van der Waals surface area contributed by atoms with Gasteiger partial charge >= 0.3 is 0 Å². The molecule has 4 nitrogen and oxygen atoms in total. The summed E-state index contributed by atoms with van der Waals surface area (Å²) in [4.78, 5) is 0. The number of hydrogen-bond donors (Lipinski definition) is 0. The van der Waals surface area contributed by atoms with Crippen LogP contribution >= 0.6 is 15.9 Å². The summed E-state index contributed by atoms with van der Waals surface area (Å²) >= 11 is 3.35. The van der Waals surface area contributed by atoms with Crippen molar-refractivity contribution in [2.75, 3.05) is 24.2 Å². The van der Waals surface area contributed by atoms with Gasteiger partial charge in [0.25, 0.3) is 0 Å². The molecule has 0 N–H and O–H groups in total. The first-order valence-corrected chi connectivity index (χ1v) is 8.43. The zero-order valence-corrected chi connectivity index (χ0v) is 11.8. The van der Waals surface area contributed by atoms with Gasteiger partial charge in [0, 0.05) is 18.4 Å². The molecule has 0 spiro atoms. The Balaban J connectivity index is 2.01. The number of rotatable bonds is 4. The van der Waals surface area contributed by atoms with Crippen LogP contribution in [0.25, 0.3) is 0 Å². The minimum atomic E-state index is -3.06. The number of sulfonamides is 1. The van der Waals surface area contributed by atoms with Gasteiger partial charge in [-0.2, -0.15) is 4.31 Å². The maximum absolute atomic E-state index is 12.1. The van der Waals surface area contributed by atoms with Gasteiger partial charge < -0.3 is 4.74 Å². The van der Waals surface area contributed by atoms with Crippen LogP contribution in [-0.2, 0) is 14.8 Å². The molecule has 94 valence electrons. The van der Waals surface area contributed by atoms with Crippen molar-refractivity contribution in [3.63, 3.8) is 0 Å². The van der Waals surface area contributed by atoms with Gasteiger partial charge in [0.2, 0.25) is 10.0 Å². The molecular weight excluding hydrogens is 294 g/mol. The van der Waals surface area contributed by atoms with Gasteiger partial charge in [-0.25, -0.2) is 8.42 Å². The van der Waals surface area contributed by atoms with Crippen LogP contribution in [0.5, 0.6) is 0 Å². The van der Waals surface area contributed by atoms with E-state index in [1.165, 1.54) is 0 Å². The molecule has 2 aliphatic rings. The summed E-state index contributed by atoms with van der Waals surface area (Å²) in [6, 6.07) is 0. The van der Waals surface area contributed by atoms with Gasteiger partial charge in [0.15, 0.2) is 0 Å². The predicted octanol–water partition coefficient (Wildman–Crippen LogP) is 1.21. The molecule has 1 saturated carbocycles. The minimum absolute atomic E-state index is 0.00900. The monoisotopic (exact) mass is 311 g/mol. The molecule has 2 fully saturated rings. The molecule has 0 amide bonds. The van der Waals surface area contributed by atoms with E-state index >= 15 is 0 Å². The van der Waals surface area contributed by atoms with Crippen LogP contribution in [0.4, 0.5) is 0 Å². The van der Waals surface area contributed by atoms with Crippen molar-refractivity contribution in [2.45, 2.75) is 32.0 Å². The third-order valence-corrected chi connectivity index (χ3v) is 5.70. The molecule has 1 heterocycles. The molecule has 0 bridgehead atoms. The maximum Gasteiger partial charge on any atom is 0.214 e. The molecule has 16 heavy (non-hydrogen) atoms. The second-order valence-electron chi connectivity index (χ2n) is 4.76. The van der Waals surface area contributed by atoms with Crippen LogP contribution in [0.3, 0.4) is 0 Å². The molecule has 0 radical (unpaired) electrons. The van der Waals surface area contributed by atoms with Crippen molar-refractivity contribution in [3.05, 3.63) is 0 Å². The summed E-state index contributed by atoms with van der Waals surface area (Å²) in [5.41, 5.74) is 0. The predicted molar refractivity (Wildman–Crippen MR) is 66.2 cm³/mol. The largest absolute Gasteiger partial charge is 0.372 e. The van der Waals surface area contributed by atoms with E-state index in [0.717, 1.165) is 12.8 Å². The topological polar surface area (TPSA) is 46.6 Å². The fourth-order valence-electron chi connectivity index (χ4n) is 2.00. The average molecular weight is 312 g/mol. The number of nitrogens with zero attached hydrogens (tertiary/aromatic N) is 1. The summed E-state index contributed by atoms with van der Waals surface area (Å²) in [5.74, 6) is 0.736. The molecule has 0 aromatic heterocycles. The number of alkyl halides is 1. The average Bonchev–Trinajstić information content (AvgIpc) is 3.00. The molecule has 1 aliphatic carbocycles. The van der Waals surface area contributed by atoms with Gasteiger partial charge in [0.05, 0.1) is 18.0 Å². The fraction of sp³-hybridized carbons (Fsp3) is 1.00. The third-order valence-electron chi connectivity index (χ3n) is 3.00. The highest BCUT2D eigenvalue weighted by molar-refractivity contribution is 9.09. The lowest BCUT2D eigenvalue weighted by Crippen LogP contribution is -2.50. The lowest BCUT2D eigenvalue weighted by Gasteiger charge is -2.35. The molecular formula is C10H18BrNO3S. The summed E-state index contributed by atoms with van der Waals surface area (Å²) < 4.78 is 31.4. The summed E-state index contributed by atoms with van der Waals surface area (Å²) in [6.07, 6.45) is 2.12. The summed E-state index contributed by atoms with van der Waals surface area (Å²) in [7, 11) is -3.06. The smallest absolute Gasteiger partial charge is 0.214 e. The number of ether oxygens (including phenoxy) is 1. The third kappa shape index (κ3) is 3.18. The number of hydrogen-bond acceptors (Lipinski definition) is 3. The van der Waals surface area contributed by atoms with E-state index in [2.05, 4.69) is 15.9 Å². The fourth-order valence-corrected chi connectivity index (χ4v) is 4.33. The zero-order valence-electron chi connectivity index (χ0n) is 9.43. The van der Waals surface area contributed by atoms with Crippen molar-refractivity contribution < 1.29 is 13.2 Å². The molecule has 1 saturated heterocycles. The molecule has 2 atom stereocenters. The lowest BCUT2D eigenvalue weighted by atomic mass is 10.3. The molecule has 0 aromatic carbocycles. The van der Waals surface area contributed by atoms with E-state index in [-0.39, 0.29) is 12.2 Å². The Kier molecular flexibility index (Phi) is 3.93. The Morgan fingerprint density at radius 3 is 2.62 bits per heavy atom. The van der Waals surface area contributed by atoms with Crippen LogP contribution in [0.1, 0.15) is 19.8 Å². The Bertz CT molecular complexity index is 342. The van der Waals surface area contributed by atoms with E-state index in [9.17, 15) is 8.42 Å². The normalized spacial score (nSPS) is 32.9. The Hall–Kier alpha value is 0.350. The van der Waals surface area contributed by atoms with E-state index in [1.807, 2.05) is 6.92 Å². The summed E-state index contributed by atoms with van der Waals surface area (Å²) in [5, 5.41) is 0.687. The molecule has 2 rings (SSSR count). The van der Waals surface area contributed by atoms with Crippen molar-refractivity contribution in [2.24, 2.45) is 5.92 Å². The van der Waals surface area contributed by atoms with Gasteiger partial charge in [-0.1, -0.05) is 15.9 Å². The van der Waals surface area contributed by atoms with Gasteiger partial charge in [0.1, 0.15) is 0 Å². The van der Waals surface area contributed by atoms with Crippen LogP contribution in [0.2, 0.25) is 0 Å². The van der Waals surface area contributed by atoms with Crippen molar-refractivity contribution in [3.8, 4) is 0 Å². The van der Waals surface area contributed by atoms with E-state index in [1.54, 1.807) is 4.31 Å². The highest BCUT2D eigenvalue weighted by atomic mass is 79.9. The molecule has 0 aromatic rings. The Morgan fingerprint density at radius 2 is 2.06 bits per heavy atom. The molecule has 2 unspecified atom stereocenters. The van der Waals surface area contributed by atoms with Crippen molar-refractivity contribution >= 4 is 26.0 Å². The Morgan fingerprint density at radius 1 is 1.38 bits per heavy atom. The minimum Gasteiger partial charge on any atom is -0.372 e. The van der Waals surface area contributed by atoms with Crippen LogP contribution < -0.4 is 0 Å². The molecule has 6 heteroatoms. The van der Waals surface area contributed by atoms with Crippen LogP contribution in [-0.4, -0.2) is 49.1 Å². The van der Waals surface area contributed by atoms with Gasteiger partial charge in [-0.05, 0) is 25.7 Å². The van der Waals surface area contributed by atoms with E-state index in [4.69, 9.17) is 4.74 Å². The van der Waals surface area contributed by atoms with Crippen LogP contribution in [0, 0.1) is 5.92 Å². The molecule has 1 aliphatic heterocycles. The highest BCUT2D eigenvalue weighted by Gasteiger charge is 2.36. The van der Waals surface area contributed by atoms with Gasteiger partial charge in [-0.15, -0.1) is 0 Å². The van der Waals surface area contributed by atoms with E-state index in [0.29, 0.717) is 30.1 Å². The maximum atomic E-state index is 12.1. The second kappa shape index (κ2) is 4.92. The quantitative estimate of drug-likeness (QED) is 0.733. The Labute approximate surface area is 106 Å². The SMILES string of the molecule is CC1CN(S(=O)(=O)CC2CC2)CC(CBr)O1. The standard InChI is InChI=1S/C10H18BrNO3S/c1-8-5-12(6-10(4-11)15-8)16(13,14)7-9-2-3-9/h8-10H,2-7H2,1H3. The number of morpholine rings is 1.